The summed E-state index contributed by atoms with van der Waals surface area (Å²) in [7, 11) is 0. The van der Waals surface area contributed by atoms with Crippen molar-refractivity contribution in [3.8, 4) is 18.4 Å². The summed E-state index contributed by atoms with van der Waals surface area (Å²) in [4.78, 5) is 0. The third-order valence-corrected chi connectivity index (χ3v) is 3.03. The van der Waals surface area contributed by atoms with E-state index in [1.54, 1.807) is 0 Å². The Morgan fingerprint density at radius 3 is 2.38 bits per heavy atom. The maximum atomic E-state index is 10.2. The zero-order valence-corrected chi connectivity index (χ0v) is 7.29. The molecule has 1 aliphatic heterocycles. The molecule has 0 spiro atoms. The summed E-state index contributed by atoms with van der Waals surface area (Å²) in [5.41, 5.74) is -2.11. The molecular formula is C10H11NO2. The maximum Gasteiger partial charge on any atom is 0.151 e. The normalized spacial score (nSPS) is 29.2. The average molecular weight is 177 g/mol. The molecule has 0 aromatic carbocycles. The van der Waals surface area contributed by atoms with Gasteiger partial charge in [0.1, 0.15) is 5.41 Å². The first-order chi connectivity index (χ1) is 6.18. The number of aliphatic hydroxyl groups is 1. The van der Waals surface area contributed by atoms with Gasteiger partial charge in [-0.1, -0.05) is 5.92 Å². The van der Waals surface area contributed by atoms with Gasteiger partial charge >= 0.3 is 0 Å². The molecule has 1 heterocycles. The van der Waals surface area contributed by atoms with Crippen LogP contribution in [0, 0.1) is 35.0 Å². The molecule has 0 aromatic rings. The maximum absolute atomic E-state index is 10.2. The molecule has 68 valence electrons. The van der Waals surface area contributed by atoms with Crippen molar-refractivity contribution in [2.75, 3.05) is 13.2 Å². The van der Waals surface area contributed by atoms with Crippen molar-refractivity contribution >= 4 is 0 Å². The fourth-order valence-corrected chi connectivity index (χ4v) is 1.82. The minimum absolute atomic E-state index is 0.0982. The molecule has 1 aliphatic carbocycles. The van der Waals surface area contributed by atoms with Gasteiger partial charge in [0.25, 0.3) is 0 Å². The number of nitrogens with zero attached hydrogens (tertiary/aromatic N) is 1. The molecular weight excluding hydrogens is 166 g/mol. The topological polar surface area (TPSA) is 53.2 Å². The molecule has 2 rings (SSSR count). The van der Waals surface area contributed by atoms with Crippen molar-refractivity contribution in [3.05, 3.63) is 0 Å². The highest BCUT2D eigenvalue weighted by Gasteiger charge is 2.62. The van der Waals surface area contributed by atoms with Crippen LogP contribution in [0.25, 0.3) is 0 Å². The Morgan fingerprint density at radius 2 is 2.15 bits per heavy atom. The van der Waals surface area contributed by atoms with E-state index in [9.17, 15) is 5.11 Å². The summed E-state index contributed by atoms with van der Waals surface area (Å²) in [6.07, 6.45) is 7.15. The highest BCUT2D eigenvalue weighted by atomic mass is 16.5. The van der Waals surface area contributed by atoms with Crippen molar-refractivity contribution < 1.29 is 9.84 Å². The Labute approximate surface area is 77.3 Å². The first-order valence-corrected chi connectivity index (χ1v) is 4.38. The van der Waals surface area contributed by atoms with Crippen molar-refractivity contribution in [1.82, 2.24) is 0 Å². The second-order valence-electron chi connectivity index (χ2n) is 3.87. The standard InChI is InChI=1S/C10H11NO2/c1-2-10(12,8-3-4-8)9(5-11)6-13-7-9/h1,8,12H,3-4,6-7H2/t10-/m1/s1. The zero-order valence-electron chi connectivity index (χ0n) is 7.29. The molecule has 1 saturated heterocycles. The monoisotopic (exact) mass is 177 g/mol. The average Bonchev–Trinajstić information content (AvgIpc) is 2.85. The molecule has 13 heavy (non-hydrogen) atoms. The summed E-state index contributed by atoms with van der Waals surface area (Å²) in [6, 6.07) is 2.11. The summed E-state index contributed by atoms with van der Waals surface area (Å²) in [6.45, 7) is 0.529. The minimum atomic E-state index is -1.26. The van der Waals surface area contributed by atoms with E-state index in [4.69, 9.17) is 16.4 Å². The summed E-state index contributed by atoms with van der Waals surface area (Å²) >= 11 is 0. The van der Waals surface area contributed by atoms with Crippen molar-refractivity contribution in [3.63, 3.8) is 0 Å². The molecule has 1 atom stereocenters. The molecule has 3 nitrogen and oxygen atoms in total. The smallest absolute Gasteiger partial charge is 0.151 e. The van der Waals surface area contributed by atoms with Gasteiger partial charge in [0.2, 0.25) is 0 Å². The quantitative estimate of drug-likeness (QED) is 0.617. The lowest BCUT2D eigenvalue weighted by molar-refractivity contribution is -0.173. The van der Waals surface area contributed by atoms with Crippen molar-refractivity contribution in [1.29, 1.82) is 5.26 Å². The van der Waals surface area contributed by atoms with Gasteiger partial charge in [-0.2, -0.15) is 5.26 Å². The van der Waals surface area contributed by atoms with Crippen LogP contribution in [-0.2, 0) is 4.74 Å². The Hall–Kier alpha value is -1.03. The van der Waals surface area contributed by atoms with E-state index in [2.05, 4.69) is 12.0 Å². The molecule has 0 unspecified atom stereocenters. The molecule has 0 bridgehead atoms. The lowest BCUT2D eigenvalue weighted by Crippen LogP contribution is -2.59. The molecule has 3 heteroatoms. The number of hydrogen-bond donors (Lipinski definition) is 1. The second kappa shape index (κ2) is 2.48. The minimum Gasteiger partial charge on any atom is -0.378 e. The van der Waals surface area contributed by atoms with Crippen LogP contribution in [-0.4, -0.2) is 23.9 Å². The van der Waals surface area contributed by atoms with E-state index in [-0.39, 0.29) is 19.1 Å². The molecule has 1 N–H and O–H groups in total. The number of rotatable bonds is 2. The van der Waals surface area contributed by atoms with E-state index >= 15 is 0 Å². The van der Waals surface area contributed by atoms with Crippen molar-refractivity contribution in [2.45, 2.75) is 18.4 Å². The van der Waals surface area contributed by atoms with Gasteiger partial charge in [0.05, 0.1) is 19.3 Å². The summed E-state index contributed by atoms with van der Waals surface area (Å²) in [5, 5.41) is 19.2. The van der Waals surface area contributed by atoms with Gasteiger partial charge in [-0.05, 0) is 12.8 Å². The predicted molar refractivity (Wildman–Crippen MR) is 45.4 cm³/mol. The van der Waals surface area contributed by atoms with Crippen LogP contribution in [0.5, 0.6) is 0 Å². The van der Waals surface area contributed by atoms with Crippen molar-refractivity contribution in [2.24, 2.45) is 11.3 Å². The number of hydrogen-bond acceptors (Lipinski definition) is 3. The van der Waals surface area contributed by atoms with E-state index in [1.165, 1.54) is 0 Å². The number of terminal acetylenes is 1. The first kappa shape index (κ1) is 8.56. The summed E-state index contributed by atoms with van der Waals surface area (Å²) < 4.78 is 4.98. The number of ether oxygens (including phenoxy) is 1. The van der Waals surface area contributed by atoms with Crippen LogP contribution >= 0.6 is 0 Å². The highest BCUT2D eigenvalue weighted by Crippen LogP contribution is 2.51. The Bertz CT molecular complexity index is 304. The van der Waals surface area contributed by atoms with E-state index in [0.29, 0.717) is 0 Å². The van der Waals surface area contributed by atoms with Crippen LogP contribution in [0.2, 0.25) is 0 Å². The number of nitriles is 1. The van der Waals surface area contributed by atoms with Gasteiger partial charge in [0, 0.05) is 5.92 Å². The molecule has 0 radical (unpaired) electrons. The van der Waals surface area contributed by atoms with Crippen LogP contribution in [0.15, 0.2) is 0 Å². The van der Waals surface area contributed by atoms with Crippen LogP contribution < -0.4 is 0 Å². The van der Waals surface area contributed by atoms with Gasteiger partial charge in [-0.25, -0.2) is 0 Å². The third-order valence-electron chi connectivity index (χ3n) is 3.03. The molecule has 0 amide bonds. The lowest BCUT2D eigenvalue weighted by Gasteiger charge is -2.45. The fraction of sp³-hybridized carbons (Fsp3) is 0.700. The van der Waals surface area contributed by atoms with E-state index in [1.807, 2.05) is 0 Å². The molecule has 1 saturated carbocycles. The zero-order chi connectivity index (χ0) is 9.53. The summed E-state index contributed by atoms with van der Waals surface area (Å²) in [5.74, 6) is 2.49. The van der Waals surface area contributed by atoms with Crippen LogP contribution in [0.1, 0.15) is 12.8 Å². The highest BCUT2D eigenvalue weighted by molar-refractivity contribution is 5.29. The molecule has 2 aliphatic rings. The first-order valence-electron chi connectivity index (χ1n) is 4.38. The van der Waals surface area contributed by atoms with E-state index in [0.717, 1.165) is 12.8 Å². The molecule has 2 fully saturated rings. The second-order valence-corrected chi connectivity index (χ2v) is 3.87. The van der Waals surface area contributed by atoms with Gasteiger partial charge in [0.15, 0.2) is 5.60 Å². The SMILES string of the molecule is C#C[C@@](O)(C1CC1)C1(C#N)COC1. The van der Waals surface area contributed by atoms with Gasteiger partial charge < -0.3 is 9.84 Å². The van der Waals surface area contributed by atoms with Crippen LogP contribution in [0.3, 0.4) is 0 Å². The predicted octanol–water partition coefficient (Wildman–Crippen LogP) is 0.301. The third kappa shape index (κ3) is 0.920. The Morgan fingerprint density at radius 1 is 1.54 bits per heavy atom. The Balaban J connectivity index is 2.30. The van der Waals surface area contributed by atoms with Gasteiger partial charge in [-0.3, -0.25) is 0 Å². The fourth-order valence-electron chi connectivity index (χ4n) is 1.82. The lowest BCUT2D eigenvalue weighted by atomic mass is 9.69. The van der Waals surface area contributed by atoms with Crippen LogP contribution in [0.4, 0.5) is 0 Å². The largest absolute Gasteiger partial charge is 0.378 e. The molecule has 0 aromatic heterocycles. The van der Waals surface area contributed by atoms with Gasteiger partial charge in [-0.15, -0.1) is 6.42 Å². The van der Waals surface area contributed by atoms with E-state index < -0.39 is 11.0 Å². The Kier molecular flexibility index (Phi) is 1.63.